The molecule has 5 nitrogen and oxygen atoms in total. The van der Waals surface area contributed by atoms with E-state index in [2.05, 4.69) is 4.98 Å². The summed E-state index contributed by atoms with van der Waals surface area (Å²) in [6.07, 6.45) is 3.06. The molecule has 2 aromatic carbocycles. The van der Waals surface area contributed by atoms with Crippen molar-refractivity contribution in [2.45, 2.75) is 12.8 Å². The van der Waals surface area contributed by atoms with Crippen LogP contribution in [0.15, 0.2) is 60.8 Å². The number of aromatic nitrogens is 1. The van der Waals surface area contributed by atoms with Crippen LogP contribution < -0.4 is 4.74 Å². The molecule has 3 aromatic rings. The number of carbonyl (C=O) groups is 2. The zero-order valence-corrected chi connectivity index (χ0v) is 15.8. The summed E-state index contributed by atoms with van der Waals surface area (Å²) < 4.78 is 5.15. The lowest BCUT2D eigenvalue weighted by Gasteiger charge is -2.31. The molecule has 28 heavy (non-hydrogen) atoms. The van der Waals surface area contributed by atoms with Crippen molar-refractivity contribution in [3.63, 3.8) is 0 Å². The number of hydrogen-bond acceptors (Lipinski definition) is 4. The Labute approximate surface area is 163 Å². The Morgan fingerprint density at radius 1 is 1.00 bits per heavy atom. The van der Waals surface area contributed by atoms with E-state index in [0.29, 0.717) is 37.1 Å². The van der Waals surface area contributed by atoms with Crippen molar-refractivity contribution >= 4 is 22.6 Å². The van der Waals surface area contributed by atoms with Crippen LogP contribution in [0.5, 0.6) is 5.75 Å². The topological polar surface area (TPSA) is 59.5 Å². The molecule has 1 fully saturated rings. The molecule has 1 saturated heterocycles. The number of carbonyl (C=O) groups excluding carboxylic acids is 2. The van der Waals surface area contributed by atoms with Gasteiger partial charge in [-0.05, 0) is 49.2 Å². The van der Waals surface area contributed by atoms with Gasteiger partial charge in [0, 0.05) is 36.2 Å². The first-order valence-electron chi connectivity index (χ1n) is 9.48. The lowest BCUT2D eigenvalue weighted by molar-refractivity contribution is 0.0651. The van der Waals surface area contributed by atoms with Crippen LogP contribution in [-0.2, 0) is 0 Å². The number of nitrogens with zero attached hydrogens (tertiary/aromatic N) is 2. The van der Waals surface area contributed by atoms with Crippen molar-refractivity contribution in [1.29, 1.82) is 0 Å². The van der Waals surface area contributed by atoms with Crippen LogP contribution in [0.2, 0.25) is 0 Å². The number of methoxy groups -OCH3 is 1. The molecule has 4 rings (SSSR count). The van der Waals surface area contributed by atoms with Crippen molar-refractivity contribution in [2.24, 2.45) is 5.92 Å². The minimum absolute atomic E-state index is 0.0142. The Bertz CT molecular complexity index is 1000. The molecule has 1 aromatic heterocycles. The van der Waals surface area contributed by atoms with Gasteiger partial charge in [-0.15, -0.1) is 0 Å². The van der Waals surface area contributed by atoms with Crippen LogP contribution in [0.25, 0.3) is 10.9 Å². The molecule has 0 N–H and O–H groups in total. The molecule has 0 saturated carbocycles. The van der Waals surface area contributed by atoms with Crippen molar-refractivity contribution < 1.29 is 14.3 Å². The Kier molecular flexibility index (Phi) is 5.06. The third-order valence-electron chi connectivity index (χ3n) is 5.39. The Morgan fingerprint density at radius 2 is 1.71 bits per heavy atom. The second kappa shape index (κ2) is 7.80. The number of amides is 1. The zero-order valence-electron chi connectivity index (χ0n) is 15.8. The van der Waals surface area contributed by atoms with Gasteiger partial charge in [0.25, 0.3) is 5.91 Å². The highest BCUT2D eigenvalue weighted by Gasteiger charge is 2.29. The van der Waals surface area contributed by atoms with Gasteiger partial charge < -0.3 is 9.64 Å². The van der Waals surface area contributed by atoms with Crippen LogP contribution in [0.4, 0.5) is 0 Å². The summed E-state index contributed by atoms with van der Waals surface area (Å²) in [5.41, 5.74) is 2.05. The van der Waals surface area contributed by atoms with Crippen LogP contribution in [0.1, 0.15) is 33.6 Å². The number of pyridine rings is 1. The molecule has 1 aliphatic rings. The molecular weight excluding hydrogens is 352 g/mol. The molecule has 0 radical (unpaired) electrons. The van der Waals surface area contributed by atoms with Gasteiger partial charge in [0.2, 0.25) is 0 Å². The number of Topliss-reactive ketones (excluding diaryl/α,β-unsaturated/α-hetero) is 1. The van der Waals surface area contributed by atoms with Gasteiger partial charge in [-0.1, -0.05) is 18.2 Å². The van der Waals surface area contributed by atoms with E-state index < -0.39 is 0 Å². The van der Waals surface area contributed by atoms with E-state index in [4.69, 9.17) is 4.74 Å². The molecule has 0 atom stereocenters. The van der Waals surface area contributed by atoms with E-state index in [9.17, 15) is 9.59 Å². The fourth-order valence-electron chi connectivity index (χ4n) is 3.78. The average molecular weight is 374 g/mol. The summed E-state index contributed by atoms with van der Waals surface area (Å²) >= 11 is 0. The van der Waals surface area contributed by atoms with Crippen molar-refractivity contribution in [3.8, 4) is 5.75 Å². The van der Waals surface area contributed by atoms with Crippen LogP contribution >= 0.6 is 0 Å². The largest absolute Gasteiger partial charge is 0.497 e. The number of likely N-dealkylation sites (tertiary alicyclic amines) is 1. The van der Waals surface area contributed by atoms with Gasteiger partial charge in [-0.3, -0.25) is 14.6 Å². The minimum atomic E-state index is -0.0527. The maximum atomic E-state index is 13.0. The molecule has 5 heteroatoms. The Balaban J connectivity index is 1.44. The Morgan fingerprint density at radius 3 is 2.43 bits per heavy atom. The number of ether oxygens (including phenoxy) is 1. The normalized spacial score (nSPS) is 14.8. The van der Waals surface area contributed by atoms with E-state index in [-0.39, 0.29) is 17.6 Å². The van der Waals surface area contributed by atoms with Gasteiger partial charge in [0.05, 0.1) is 18.2 Å². The maximum absolute atomic E-state index is 13.0. The van der Waals surface area contributed by atoms with Crippen LogP contribution in [0.3, 0.4) is 0 Å². The summed E-state index contributed by atoms with van der Waals surface area (Å²) in [6, 6.07) is 16.7. The summed E-state index contributed by atoms with van der Waals surface area (Å²) in [5, 5.41) is 0.956. The van der Waals surface area contributed by atoms with E-state index in [1.165, 1.54) is 0 Å². The molecule has 1 aliphatic heterocycles. The molecule has 0 unspecified atom stereocenters. The number of hydrogen-bond donors (Lipinski definition) is 0. The third kappa shape index (κ3) is 3.48. The summed E-state index contributed by atoms with van der Waals surface area (Å²) in [6.45, 7) is 1.16. The van der Waals surface area contributed by atoms with Crippen molar-refractivity contribution in [2.75, 3.05) is 20.2 Å². The van der Waals surface area contributed by atoms with E-state index in [0.717, 1.165) is 16.7 Å². The average Bonchev–Trinajstić information content (AvgIpc) is 2.78. The lowest BCUT2D eigenvalue weighted by atomic mass is 9.88. The SMILES string of the molecule is COc1ccc(C(=O)C2CCN(C(=O)c3cccc4cccnc34)CC2)cc1. The summed E-state index contributed by atoms with van der Waals surface area (Å²) in [5.74, 6) is 0.810. The highest BCUT2D eigenvalue weighted by atomic mass is 16.5. The molecule has 1 amide bonds. The highest BCUT2D eigenvalue weighted by Crippen LogP contribution is 2.25. The Hall–Kier alpha value is -3.21. The standard InChI is InChI=1S/C23H22N2O3/c1-28-19-9-7-17(8-10-19)22(26)18-11-14-25(15-12-18)23(27)20-6-2-4-16-5-3-13-24-21(16)20/h2-10,13,18H,11-12,14-15H2,1H3. The summed E-state index contributed by atoms with van der Waals surface area (Å²) in [7, 11) is 1.61. The fraction of sp³-hybridized carbons (Fsp3) is 0.261. The lowest BCUT2D eigenvalue weighted by Crippen LogP contribution is -2.40. The molecule has 0 bridgehead atoms. The van der Waals surface area contributed by atoms with E-state index in [1.54, 1.807) is 37.6 Å². The molecule has 0 spiro atoms. The number of piperidine rings is 1. The third-order valence-corrected chi connectivity index (χ3v) is 5.39. The van der Waals surface area contributed by atoms with E-state index in [1.807, 2.05) is 35.2 Å². The first-order valence-corrected chi connectivity index (χ1v) is 9.48. The van der Waals surface area contributed by atoms with Crippen molar-refractivity contribution in [3.05, 3.63) is 71.9 Å². The number of benzene rings is 2. The molecular formula is C23H22N2O3. The second-order valence-corrected chi connectivity index (χ2v) is 7.04. The zero-order chi connectivity index (χ0) is 19.5. The number of para-hydroxylation sites is 1. The van der Waals surface area contributed by atoms with Gasteiger partial charge in [-0.25, -0.2) is 0 Å². The summed E-state index contributed by atoms with van der Waals surface area (Å²) in [4.78, 5) is 32.0. The van der Waals surface area contributed by atoms with Crippen LogP contribution in [-0.4, -0.2) is 41.8 Å². The molecule has 2 heterocycles. The first-order chi connectivity index (χ1) is 13.7. The monoisotopic (exact) mass is 374 g/mol. The highest BCUT2D eigenvalue weighted by molar-refractivity contribution is 6.05. The predicted octanol–water partition coefficient (Wildman–Crippen LogP) is 3.98. The minimum Gasteiger partial charge on any atom is -0.497 e. The number of ketones is 1. The van der Waals surface area contributed by atoms with Gasteiger partial charge >= 0.3 is 0 Å². The van der Waals surface area contributed by atoms with Crippen molar-refractivity contribution in [1.82, 2.24) is 9.88 Å². The predicted molar refractivity (Wildman–Crippen MR) is 108 cm³/mol. The molecule has 0 aliphatic carbocycles. The fourth-order valence-corrected chi connectivity index (χ4v) is 3.78. The van der Waals surface area contributed by atoms with Gasteiger partial charge in [-0.2, -0.15) is 0 Å². The van der Waals surface area contributed by atoms with Crippen LogP contribution in [0, 0.1) is 5.92 Å². The maximum Gasteiger partial charge on any atom is 0.256 e. The van der Waals surface area contributed by atoms with E-state index >= 15 is 0 Å². The quantitative estimate of drug-likeness (QED) is 0.648. The number of fused-ring (bicyclic) bond motifs is 1. The van der Waals surface area contributed by atoms with Gasteiger partial charge in [0.1, 0.15) is 5.75 Å². The number of rotatable bonds is 4. The first kappa shape index (κ1) is 18.2. The van der Waals surface area contributed by atoms with Gasteiger partial charge in [0.15, 0.2) is 5.78 Å². The molecule has 142 valence electrons. The second-order valence-electron chi connectivity index (χ2n) is 7.04. The smallest absolute Gasteiger partial charge is 0.256 e.